The second kappa shape index (κ2) is 7.44. The van der Waals surface area contributed by atoms with Crippen molar-refractivity contribution < 1.29 is 9.21 Å². The van der Waals surface area contributed by atoms with Crippen LogP contribution in [0.3, 0.4) is 0 Å². The fourth-order valence-corrected chi connectivity index (χ4v) is 3.63. The fraction of sp³-hybridized carbons (Fsp3) is 0.579. The van der Waals surface area contributed by atoms with Crippen LogP contribution in [0.4, 0.5) is 5.69 Å². The molecule has 1 fully saturated rings. The molecular weight excluding hydrogens is 316 g/mol. The van der Waals surface area contributed by atoms with Crippen molar-refractivity contribution in [3.63, 3.8) is 0 Å². The summed E-state index contributed by atoms with van der Waals surface area (Å²) in [5, 5.41) is 7.41. The third-order valence-electron chi connectivity index (χ3n) is 5.07. The van der Waals surface area contributed by atoms with E-state index >= 15 is 0 Å². The molecule has 136 valence electrons. The molecule has 2 aromatic rings. The molecule has 0 aliphatic carbocycles. The van der Waals surface area contributed by atoms with Gasteiger partial charge in [0.15, 0.2) is 0 Å². The van der Waals surface area contributed by atoms with Gasteiger partial charge in [-0.05, 0) is 52.3 Å². The first-order valence-electron chi connectivity index (χ1n) is 9.06. The SMILES string of the molecule is Cc1ccc([C@@H]2CCCCCN2CC(=O)Nc2c(C)nn(C)c2C)o1. The predicted molar refractivity (Wildman–Crippen MR) is 97.5 cm³/mol. The summed E-state index contributed by atoms with van der Waals surface area (Å²) in [7, 11) is 1.89. The van der Waals surface area contributed by atoms with Gasteiger partial charge in [-0.3, -0.25) is 14.4 Å². The van der Waals surface area contributed by atoms with Crippen LogP contribution in [-0.2, 0) is 11.8 Å². The number of carbonyl (C=O) groups is 1. The minimum absolute atomic E-state index is 0.00868. The number of amides is 1. The predicted octanol–water partition coefficient (Wildman–Crippen LogP) is 3.49. The first kappa shape index (κ1) is 17.7. The highest BCUT2D eigenvalue weighted by molar-refractivity contribution is 5.93. The lowest BCUT2D eigenvalue weighted by Crippen LogP contribution is -2.36. The molecule has 0 saturated carbocycles. The monoisotopic (exact) mass is 344 g/mol. The zero-order valence-corrected chi connectivity index (χ0v) is 15.6. The van der Waals surface area contributed by atoms with Gasteiger partial charge in [-0.2, -0.15) is 5.10 Å². The molecule has 2 aromatic heterocycles. The molecule has 1 amide bonds. The van der Waals surface area contributed by atoms with E-state index in [2.05, 4.69) is 15.3 Å². The first-order chi connectivity index (χ1) is 12.0. The Morgan fingerprint density at radius 2 is 2.08 bits per heavy atom. The summed E-state index contributed by atoms with van der Waals surface area (Å²) in [5.41, 5.74) is 2.65. The number of nitrogens with zero attached hydrogens (tertiary/aromatic N) is 3. The van der Waals surface area contributed by atoms with Gasteiger partial charge in [0.05, 0.1) is 29.7 Å². The summed E-state index contributed by atoms with van der Waals surface area (Å²) in [5.74, 6) is 1.90. The Hall–Kier alpha value is -2.08. The van der Waals surface area contributed by atoms with Crippen LogP contribution in [0.5, 0.6) is 0 Å². The van der Waals surface area contributed by atoms with Gasteiger partial charge < -0.3 is 9.73 Å². The average Bonchev–Trinajstić information content (AvgIpc) is 2.98. The Labute approximate surface area is 149 Å². The minimum Gasteiger partial charge on any atom is -0.465 e. The number of aryl methyl sites for hydroxylation is 3. The number of anilines is 1. The lowest BCUT2D eigenvalue weighted by molar-refractivity contribution is -0.118. The normalized spacial score (nSPS) is 19.0. The van der Waals surface area contributed by atoms with E-state index in [-0.39, 0.29) is 11.9 Å². The Morgan fingerprint density at radius 1 is 1.28 bits per heavy atom. The zero-order chi connectivity index (χ0) is 18.0. The third kappa shape index (κ3) is 3.95. The highest BCUT2D eigenvalue weighted by atomic mass is 16.3. The van der Waals surface area contributed by atoms with E-state index in [1.165, 1.54) is 12.8 Å². The van der Waals surface area contributed by atoms with Gasteiger partial charge in [0.2, 0.25) is 5.91 Å². The standard InChI is InChI=1S/C19H28N4O2/c1-13-9-10-17(25-13)16-8-6-5-7-11-23(16)12-18(24)20-19-14(2)21-22(4)15(19)3/h9-10,16H,5-8,11-12H2,1-4H3,(H,20,24)/t16-/m0/s1. The van der Waals surface area contributed by atoms with E-state index in [0.29, 0.717) is 6.54 Å². The number of aromatic nitrogens is 2. The van der Waals surface area contributed by atoms with Crippen molar-refractivity contribution in [2.75, 3.05) is 18.4 Å². The van der Waals surface area contributed by atoms with E-state index in [0.717, 1.165) is 48.0 Å². The van der Waals surface area contributed by atoms with Gasteiger partial charge in [-0.1, -0.05) is 12.8 Å². The molecule has 1 saturated heterocycles. The van der Waals surface area contributed by atoms with Crippen molar-refractivity contribution in [2.45, 2.75) is 52.5 Å². The lowest BCUT2D eigenvalue weighted by atomic mass is 10.1. The number of likely N-dealkylation sites (tertiary alicyclic amines) is 1. The average molecular weight is 344 g/mol. The highest BCUT2D eigenvalue weighted by Crippen LogP contribution is 2.31. The number of hydrogen-bond donors (Lipinski definition) is 1. The smallest absolute Gasteiger partial charge is 0.238 e. The van der Waals surface area contributed by atoms with Gasteiger partial charge >= 0.3 is 0 Å². The number of carbonyl (C=O) groups excluding carboxylic acids is 1. The van der Waals surface area contributed by atoms with Crippen molar-refractivity contribution in [3.05, 3.63) is 35.0 Å². The molecule has 25 heavy (non-hydrogen) atoms. The Kier molecular flexibility index (Phi) is 5.27. The summed E-state index contributed by atoms with van der Waals surface area (Å²) < 4.78 is 7.66. The molecule has 1 N–H and O–H groups in total. The lowest BCUT2D eigenvalue weighted by Gasteiger charge is -2.27. The van der Waals surface area contributed by atoms with Crippen LogP contribution >= 0.6 is 0 Å². The first-order valence-corrected chi connectivity index (χ1v) is 9.06. The van der Waals surface area contributed by atoms with Crippen molar-refractivity contribution in [2.24, 2.45) is 7.05 Å². The minimum atomic E-state index is 0.00868. The fourth-order valence-electron chi connectivity index (χ4n) is 3.63. The second-order valence-corrected chi connectivity index (χ2v) is 7.00. The van der Waals surface area contributed by atoms with Crippen LogP contribution in [0.2, 0.25) is 0 Å². The van der Waals surface area contributed by atoms with E-state index in [9.17, 15) is 4.79 Å². The van der Waals surface area contributed by atoms with Crippen LogP contribution in [0.1, 0.15) is 54.6 Å². The van der Waals surface area contributed by atoms with Crippen LogP contribution in [0, 0.1) is 20.8 Å². The van der Waals surface area contributed by atoms with Crippen LogP contribution < -0.4 is 5.32 Å². The highest BCUT2D eigenvalue weighted by Gasteiger charge is 2.27. The maximum Gasteiger partial charge on any atom is 0.238 e. The Morgan fingerprint density at radius 3 is 2.72 bits per heavy atom. The van der Waals surface area contributed by atoms with E-state index in [1.807, 2.05) is 40.0 Å². The van der Waals surface area contributed by atoms with Crippen LogP contribution in [0.15, 0.2) is 16.5 Å². The molecule has 6 heteroatoms. The largest absolute Gasteiger partial charge is 0.465 e. The molecule has 0 unspecified atom stereocenters. The van der Waals surface area contributed by atoms with E-state index in [4.69, 9.17) is 4.42 Å². The summed E-state index contributed by atoms with van der Waals surface area (Å²) in [6, 6.07) is 4.23. The maximum absolute atomic E-state index is 12.7. The quantitative estimate of drug-likeness (QED) is 0.922. The Bertz CT molecular complexity index is 747. The molecule has 3 rings (SSSR count). The van der Waals surface area contributed by atoms with Crippen molar-refractivity contribution in [3.8, 4) is 0 Å². The molecule has 3 heterocycles. The zero-order valence-electron chi connectivity index (χ0n) is 15.6. The second-order valence-electron chi connectivity index (χ2n) is 7.00. The summed E-state index contributed by atoms with van der Waals surface area (Å²) in [4.78, 5) is 14.9. The van der Waals surface area contributed by atoms with Crippen molar-refractivity contribution in [1.29, 1.82) is 0 Å². The van der Waals surface area contributed by atoms with Crippen molar-refractivity contribution >= 4 is 11.6 Å². The van der Waals surface area contributed by atoms with Crippen LogP contribution in [-0.4, -0.2) is 33.7 Å². The molecule has 1 aliphatic heterocycles. The number of rotatable bonds is 4. The number of nitrogens with one attached hydrogen (secondary N) is 1. The van der Waals surface area contributed by atoms with Gasteiger partial charge in [0.25, 0.3) is 0 Å². The molecule has 1 atom stereocenters. The summed E-state index contributed by atoms with van der Waals surface area (Å²) in [6.45, 7) is 7.14. The molecular formula is C19H28N4O2. The van der Waals surface area contributed by atoms with Crippen LogP contribution in [0.25, 0.3) is 0 Å². The van der Waals surface area contributed by atoms with Gasteiger partial charge in [-0.15, -0.1) is 0 Å². The summed E-state index contributed by atoms with van der Waals surface area (Å²) >= 11 is 0. The van der Waals surface area contributed by atoms with E-state index < -0.39 is 0 Å². The number of furan rings is 1. The van der Waals surface area contributed by atoms with E-state index in [1.54, 1.807) is 4.68 Å². The molecule has 0 aromatic carbocycles. The van der Waals surface area contributed by atoms with Gasteiger partial charge in [-0.25, -0.2) is 0 Å². The molecule has 1 aliphatic rings. The summed E-state index contributed by atoms with van der Waals surface area (Å²) in [6.07, 6.45) is 4.53. The molecule has 0 spiro atoms. The van der Waals surface area contributed by atoms with Gasteiger partial charge in [0.1, 0.15) is 11.5 Å². The molecule has 6 nitrogen and oxygen atoms in total. The molecule has 0 bridgehead atoms. The maximum atomic E-state index is 12.7. The topological polar surface area (TPSA) is 63.3 Å². The van der Waals surface area contributed by atoms with Crippen molar-refractivity contribution in [1.82, 2.24) is 14.7 Å². The van der Waals surface area contributed by atoms with Gasteiger partial charge in [0, 0.05) is 7.05 Å². The Balaban J connectivity index is 1.72. The molecule has 0 radical (unpaired) electrons. The third-order valence-corrected chi connectivity index (χ3v) is 5.07. The number of hydrogen-bond acceptors (Lipinski definition) is 4.